The van der Waals surface area contributed by atoms with Crippen LogP contribution in [0.4, 0.5) is 0 Å². The van der Waals surface area contributed by atoms with Gasteiger partial charge in [-0.1, -0.05) is 36.8 Å². The van der Waals surface area contributed by atoms with E-state index in [0.29, 0.717) is 31.4 Å². The van der Waals surface area contributed by atoms with Crippen molar-refractivity contribution in [2.45, 2.75) is 38.7 Å². The fourth-order valence-electron chi connectivity index (χ4n) is 3.59. The maximum atomic E-state index is 12.9. The van der Waals surface area contributed by atoms with Gasteiger partial charge in [0.25, 0.3) is 0 Å². The predicted molar refractivity (Wildman–Crippen MR) is 93.1 cm³/mol. The third-order valence-electron chi connectivity index (χ3n) is 5.13. The van der Waals surface area contributed by atoms with E-state index in [0.717, 1.165) is 18.7 Å². The van der Waals surface area contributed by atoms with Gasteiger partial charge in [-0.3, -0.25) is 9.89 Å². The highest BCUT2D eigenvalue weighted by Gasteiger charge is 2.46. The summed E-state index contributed by atoms with van der Waals surface area (Å²) in [6, 6.07) is 8.49. The largest absolute Gasteiger partial charge is 0.366 e. The summed E-state index contributed by atoms with van der Waals surface area (Å²) in [4.78, 5) is 19.3. The quantitative estimate of drug-likeness (QED) is 0.928. The molecule has 3 unspecified atom stereocenters. The highest BCUT2D eigenvalue weighted by Crippen LogP contribution is 2.48. The summed E-state index contributed by atoms with van der Waals surface area (Å²) in [5, 5.41) is 7.16. The summed E-state index contributed by atoms with van der Waals surface area (Å²) in [7, 11) is 0. The Labute approximate surface area is 147 Å². The molecule has 2 aromatic rings. The third kappa shape index (κ3) is 3.31. The maximum Gasteiger partial charge on any atom is 0.226 e. The van der Waals surface area contributed by atoms with Gasteiger partial charge < -0.3 is 9.64 Å². The molecule has 0 spiro atoms. The van der Waals surface area contributed by atoms with Crippen molar-refractivity contribution in [1.29, 1.82) is 0 Å². The minimum atomic E-state index is -0.231. The molecule has 1 aliphatic carbocycles. The van der Waals surface area contributed by atoms with Gasteiger partial charge in [0.1, 0.15) is 11.9 Å². The van der Waals surface area contributed by atoms with Crippen LogP contribution in [0.2, 0.25) is 0 Å². The second-order valence-corrected chi connectivity index (χ2v) is 7.00. The van der Waals surface area contributed by atoms with E-state index in [2.05, 4.69) is 46.4 Å². The zero-order chi connectivity index (χ0) is 17.4. The number of aromatic nitrogens is 3. The molecule has 132 valence electrons. The number of nitrogens with zero attached hydrogens (tertiary/aromatic N) is 3. The van der Waals surface area contributed by atoms with Gasteiger partial charge in [0.05, 0.1) is 13.2 Å². The van der Waals surface area contributed by atoms with Gasteiger partial charge in [0.15, 0.2) is 5.82 Å². The number of carbonyl (C=O) groups excluding carboxylic acids is 1. The number of hydrogen-bond donors (Lipinski definition) is 1. The third-order valence-corrected chi connectivity index (χ3v) is 5.13. The molecule has 1 aromatic heterocycles. The molecule has 6 heteroatoms. The summed E-state index contributed by atoms with van der Waals surface area (Å²) in [5.74, 6) is 2.22. The average molecular weight is 340 g/mol. The Balaban J connectivity index is 1.41. The molecule has 3 atom stereocenters. The number of nitrogens with one attached hydrogen (secondary N) is 1. The zero-order valence-electron chi connectivity index (χ0n) is 14.7. The lowest BCUT2D eigenvalue weighted by molar-refractivity contribution is -0.140. The van der Waals surface area contributed by atoms with Crippen molar-refractivity contribution in [3.8, 4) is 0 Å². The van der Waals surface area contributed by atoms with Crippen LogP contribution < -0.4 is 0 Å². The first-order valence-electron chi connectivity index (χ1n) is 9.04. The Morgan fingerprint density at radius 2 is 2.32 bits per heavy atom. The van der Waals surface area contributed by atoms with E-state index in [1.807, 2.05) is 11.8 Å². The smallest absolute Gasteiger partial charge is 0.226 e. The monoisotopic (exact) mass is 340 g/mol. The topological polar surface area (TPSA) is 71.1 Å². The van der Waals surface area contributed by atoms with Crippen LogP contribution in [0.15, 0.2) is 24.3 Å². The number of carbonyl (C=O) groups is 1. The zero-order valence-corrected chi connectivity index (χ0v) is 14.7. The highest BCUT2D eigenvalue weighted by molar-refractivity contribution is 5.83. The Hall–Kier alpha value is -2.21. The number of benzene rings is 1. The van der Waals surface area contributed by atoms with Crippen molar-refractivity contribution < 1.29 is 9.53 Å². The molecule has 1 saturated heterocycles. The van der Waals surface area contributed by atoms with Crippen molar-refractivity contribution in [2.24, 2.45) is 5.92 Å². The summed E-state index contributed by atoms with van der Waals surface area (Å²) >= 11 is 0. The molecule has 1 N–H and O–H groups in total. The lowest BCUT2D eigenvalue weighted by Crippen LogP contribution is -2.43. The van der Waals surface area contributed by atoms with E-state index in [1.165, 1.54) is 11.1 Å². The summed E-state index contributed by atoms with van der Waals surface area (Å²) in [6.45, 7) is 5.85. The number of hydrogen-bond acceptors (Lipinski definition) is 4. The van der Waals surface area contributed by atoms with Gasteiger partial charge in [-0.2, -0.15) is 5.10 Å². The van der Waals surface area contributed by atoms with Gasteiger partial charge in [-0.25, -0.2) is 4.98 Å². The average Bonchev–Trinajstić information content (AvgIpc) is 3.30. The van der Waals surface area contributed by atoms with Crippen LogP contribution in [0.5, 0.6) is 0 Å². The normalized spacial score (nSPS) is 25.8. The van der Waals surface area contributed by atoms with E-state index in [-0.39, 0.29) is 17.9 Å². The molecular formula is C19H24N4O2. The van der Waals surface area contributed by atoms with Crippen LogP contribution in [0.25, 0.3) is 0 Å². The van der Waals surface area contributed by atoms with E-state index >= 15 is 0 Å². The van der Waals surface area contributed by atoms with E-state index in [1.54, 1.807) is 0 Å². The van der Waals surface area contributed by atoms with Gasteiger partial charge in [0, 0.05) is 18.9 Å². The molecule has 0 bridgehead atoms. The molecule has 1 amide bonds. The van der Waals surface area contributed by atoms with Crippen molar-refractivity contribution in [1.82, 2.24) is 20.1 Å². The number of amides is 1. The van der Waals surface area contributed by atoms with E-state index in [9.17, 15) is 4.79 Å². The molecule has 1 aromatic carbocycles. The highest BCUT2D eigenvalue weighted by atomic mass is 16.5. The molecule has 2 fully saturated rings. The van der Waals surface area contributed by atoms with Crippen LogP contribution >= 0.6 is 0 Å². The van der Waals surface area contributed by atoms with E-state index in [4.69, 9.17) is 4.74 Å². The minimum absolute atomic E-state index is 0.110. The second kappa shape index (κ2) is 6.59. The van der Waals surface area contributed by atoms with Crippen LogP contribution in [0, 0.1) is 12.8 Å². The summed E-state index contributed by atoms with van der Waals surface area (Å²) < 4.78 is 5.79. The molecule has 1 saturated carbocycles. The standard InChI is InChI=1S/C19H24N4O2/c1-3-17-20-18(22-21-17)16-11-23(7-8-25-16)19(24)15-10-14(15)13-6-4-5-12(2)9-13/h4-6,9,14-16H,3,7-8,10-11H2,1-2H3,(H,20,21,22). The van der Waals surface area contributed by atoms with Gasteiger partial charge in [0.2, 0.25) is 5.91 Å². The molecule has 1 aliphatic heterocycles. The van der Waals surface area contributed by atoms with Gasteiger partial charge in [-0.05, 0) is 24.8 Å². The van der Waals surface area contributed by atoms with Crippen LogP contribution in [0.1, 0.15) is 48.1 Å². The second-order valence-electron chi connectivity index (χ2n) is 7.00. The van der Waals surface area contributed by atoms with Crippen LogP contribution in [0.3, 0.4) is 0 Å². The minimum Gasteiger partial charge on any atom is -0.366 e. The molecule has 2 aliphatic rings. The first kappa shape index (κ1) is 16.3. The van der Waals surface area contributed by atoms with Crippen molar-refractivity contribution >= 4 is 5.91 Å². The molecule has 25 heavy (non-hydrogen) atoms. The number of H-pyrrole nitrogens is 1. The van der Waals surface area contributed by atoms with Crippen molar-refractivity contribution in [3.05, 3.63) is 47.0 Å². The fourth-order valence-corrected chi connectivity index (χ4v) is 3.59. The molecule has 2 heterocycles. The van der Waals surface area contributed by atoms with Gasteiger partial charge >= 0.3 is 0 Å². The number of ether oxygens (including phenoxy) is 1. The molecule has 0 radical (unpaired) electrons. The first-order valence-corrected chi connectivity index (χ1v) is 9.04. The Morgan fingerprint density at radius 1 is 1.44 bits per heavy atom. The van der Waals surface area contributed by atoms with E-state index < -0.39 is 0 Å². The molecule has 6 nitrogen and oxygen atoms in total. The Bertz CT molecular complexity index is 772. The Morgan fingerprint density at radius 3 is 3.08 bits per heavy atom. The fraction of sp³-hybridized carbons (Fsp3) is 0.526. The maximum absolute atomic E-state index is 12.9. The molecular weight excluding hydrogens is 316 g/mol. The predicted octanol–water partition coefficient (Wildman–Crippen LogP) is 2.38. The Kier molecular flexibility index (Phi) is 4.29. The summed E-state index contributed by atoms with van der Waals surface area (Å²) in [5.41, 5.74) is 2.53. The van der Waals surface area contributed by atoms with Gasteiger partial charge in [-0.15, -0.1) is 0 Å². The number of rotatable bonds is 4. The lowest BCUT2D eigenvalue weighted by Gasteiger charge is -2.32. The van der Waals surface area contributed by atoms with Crippen LogP contribution in [-0.4, -0.2) is 45.7 Å². The number of aryl methyl sites for hydroxylation is 2. The first-order chi connectivity index (χ1) is 12.2. The SMILES string of the molecule is CCc1nc(C2CN(C(=O)C3CC3c3cccc(C)c3)CCO2)n[nH]1. The van der Waals surface area contributed by atoms with Crippen molar-refractivity contribution in [3.63, 3.8) is 0 Å². The van der Waals surface area contributed by atoms with Crippen molar-refractivity contribution in [2.75, 3.05) is 19.7 Å². The number of aromatic amines is 1. The lowest BCUT2D eigenvalue weighted by atomic mass is 10.1. The van der Waals surface area contributed by atoms with Crippen LogP contribution in [-0.2, 0) is 16.0 Å². The number of morpholine rings is 1. The molecule has 4 rings (SSSR count). The summed E-state index contributed by atoms with van der Waals surface area (Å²) in [6.07, 6.45) is 1.53.